The summed E-state index contributed by atoms with van der Waals surface area (Å²) in [6.45, 7) is 1.50. The molecule has 0 amide bonds. The van der Waals surface area contributed by atoms with Crippen LogP contribution in [0.5, 0.6) is 0 Å². The predicted molar refractivity (Wildman–Crippen MR) is 61.4 cm³/mol. The highest BCUT2D eigenvalue weighted by molar-refractivity contribution is 6.68. The lowest BCUT2D eigenvalue weighted by Crippen LogP contribution is -2.21. The molecular formula is C10H8Cl3F3O. The first-order chi connectivity index (χ1) is 7.53. The molecule has 0 bridgehead atoms. The topological polar surface area (TPSA) is 20.2 Å². The highest BCUT2D eigenvalue weighted by atomic mass is 35.6. The summed E-state index contributed by atoms with van der Waals surface area (Å²) in [5.74, 6) is 0. The van der Waals surface area contributed by atoms with Gasteiger partial charge in [0.25, 0.3) is 0 Å². The normalized spacial score (nSPS) is 14.8. The van der Waals surface area contributed by atoms with Gasteiger partial charge in [0.15, 0.2) is 0 Å². The molecular weight excluding hydrogens is 299 g/mol. The van der Waals surface area contributed by atoms with Gasteiger partial charge >= 0.3 is 6.18 Å². The van der Waals surface area contributed by atoms with Crippen molar-refractivity contribution in [1.82, 2.24) is 0 Å². The van der Waals surface area contributed by atoms with Gasteiger partial charge in [-0.1, -0.05) is 52.5 Å². The number of hydrogen-bond acceptors (Lipinski definition) is 1. The van der Waals surface area contributed by atoms with E-state index in [4.69, 9.17) is 34.8 Å². The fourth-order valence-corrected chi connectivity index (χ4v) is 1.68. The summed E-state index contributed by atoms with van der Waals surface area (Å²) in [6, 6.07) is 3.41. The van der Waals surface area contributed by atoms with E-state index in [2.05, 4.69) is 0 Å². The molecule has 0 aliphatic heterocycles. The van der Waals surface area contributed by atoms with E-state index in [9.17, 15) is 18.3 Å². The van der Waals surface area contributed by atoms with E-state index in [1.807, 2.05) is 0 Å². The molecule has 1 atom stereocenters. The number of rotatable bonds is 1. The second-order valence-corrected chi connectivity index (χ2v) is 5.90. The van der Waals surface area contributed by atoms with Crippen LogP contribution in [0.2, 0.25) is 0 Å². The first kappa shape index (κ1) is 14.9. The molecule has 0 heterocycles. The Morgan fingerprint density at radius 1 is 1.18 bits per heavy atom. The summed E-state index contributed by atoms with van der Waals surface area (Å²) in [7, 11) is 0. The minimum absolute atomic E-state index is 0.401. The number of halogens is 6. The van der Waals surface area contributed by atoms with Crippen molar-refractivity contribution in [3.63, 3.8) is 0 Å². The molecule has 1 aromatic rings. The molecule has 0 aromatic heterocycles. The average molecular weight is 308 g/mol. The van der Waals surface area contributed by atoms with Gasteiger partial charge in [0.2, 0.25) is 3.79 Å². The Hall–Kier alpha value is -0.160. The van der Waals surface area contributed by atoms with Crippen molar-refractivity contribution in [2.45, 2.75) is 23.0 Å². The van der Waals surface area contributed by atoms with Gasteiger partial charge in [-0.2, -0.15) is 13.2 Å². The molecule has 0 fully saturated rings. The summed E-state index contributed by atoms with van der Waals surface area (Å²) in [4.78, 5) is 0. The van der Waals surface area contributed by atoms with Crippen LogP contribution in [0.4, 0.5) is 13.2 Å². The summed E-state index contributed by atoms with van der Waals surface area (Å²) in [5, 5.41) is 9.60. The molecule has 0 aliphatic rings. The Labute approximate surface area is 111 Å². The third-order valence-corrected chi connectivity index (χ3v) is 2.74. The Morgan fingerprint density at radius 3 is 2.12 bits per heavy atom. The Kier molecular flexibility index (Phi) is 4.24. The first-order valence-electron chi connectivity index (χ1n) is 4.46. The number of aliphatic hydroxyl groups excluding tert-OH is 1. The van der Waals surface area contributed by atoms with Crippen LogP contribution in [0, 0.1) is 6.92 Å². The number of alkyl halides is 6. The van der Waals surface area contributed by atoms with Gasteiger partial charge in [-0.05, 0) is 18.6 Å². The quantitative estimate of drug-likeness (QED) is 0.762. The van der Waals surface area contributed by atoms with Gasteiger partial charge in [0, 0.05) is 0 Å². The molecule has 1 nitrogen and oxygen atoms in total. The van der Waals surface area contributed by atoms with E-state index in [1.165, 1.54) is 13.0 Å². The predicted octanol–water partition coefficient (Wildman–Crippen LogP) is 4.42. The minimum atomic E-state index is -4.61. The monoisotopic (exact) mass is 306 g/mol. The third-order valence-electron chi connectivity index (χ3n) is 2.12. The fraction of sp³-hybridized carbons (Fsp3) is 0.400. The number of benzene rings is 1. The molecule has 1 rings (SSSR count). The Bertz CT molecular complexity index is 412. The number of aryl methyl sites for hydroxylation is 1. The molecule has 7 heteroatoms. The molecule has 1 aromatic carbocycles. The second-order valence-electron chi connectivity index (χ2n) is 3.53. The SMILES string of the molecule is Cc1ccc(C(O)C(Cl)(Cl)Cl)c(C(F)(F)F)c1. The van der Waals surface area contributed by atoms with Crippen LogP contribution in [0.25, 0.3) is 0 Å². The summed E-state index contributed by atoms with van der Waals surface area (Å²) in [6.07, 6.45) is -6.46. The maximum Gasteiger partial charge on any atom is 0.416 e. The number of aliphatic hydroxyl groups is 1. The van der Waals surface area contributed by atoms with Crippen molar-refractivity contribution in [1.29, 1.82) is 0 Å². The lowest BCUT2D eigenvalue weighted by molar-refractivity contribution is -0.139. The smallest absolute Gasteiger partial charge is 0.384 e. The van der Waals surface area contributed by atoms with Crippen LogP contribution >= 0.6 is 34.8 Å². The van der Waals surface area contributed by atoms with Crippen LogP contribution in [-0.4, -0.2) is 8.90 Å². The Balaban J connectivity index is 3.34. The van der Waals surface area contributed by atoms with Crippen LogP contribution < -0.4 is 0 Å². The minimum Gasteiger partial charge on any atom is -0.384 e. The molecule has 0 spiro atoms. The van der Waals surface area contributed by atoms with Gasteiger partial charge in [-0.3, -0.25) is 0 Å². The van der Waals surface area contributed by atoms with Gasteiger partial charge in [0.05, 0.1) is 5.56 Å². The van der Waals surface area contributed by atoms with E-state index in [0.29, 0.717) is 5.56 Å². The molecule has 0 radical (unpaired) electrons. The summed E-state index contributed by atoms with van der Waals surface area (Å²) >= 11 is 16.2. The van der Waals surface area contributed by atoms with Crippen LogP contribution in [0.1, 0.15) is 22.8 Å². The molecule has 0 saturated heterocycles. The highest BCUT2D eigenvalue weighted by Crippen LogP contribution is 2.44. The molecule has 1 N–H and O–H groups in total. The molecule has 96 valence electrons. The average Bonchev–Trinajstić information content (AvgIpc) is 2.14. The van der Waals surface area contributed by atoms with Crippen molar-refractivity contribution in [3.8, 4) is 0 Å². The summed E-state index contributed by atoms with van der Waals surface area (Å²) in [5.41, 5.74) is -1.06. The van der Waals surface area contributed by atoms with Crippen molar-refractivity contribution < 1.29 is 18.3 Å². The van der Waals surface area contributed by atoms with Crippen LogP contribution in [0.3, 0.4) is 0 Å². The lowest BCUT2D eigenvalue weighted by atomic mass is 10.00. The standard InChI is InChI=1S/C10H8Cl3F3O/c1-5-2-3-6(8(17)9(11,12)13)7(4-5)10(14,15)16/h2-4,8,17H,1H3. The zero-order valence-corrected chi connectivity index (χ0v) is 10.8. The summed E-state index contributed by atoms with van der Waals surface area (Å²) < 4.78 is 36.0. The van der Waals surface area contributed by atoms with Crippen molar-refractivity contribution >= 4 is 34.8 Å². The van der Waals surface area contributed by atoms with Crippen LogP contribution in [0.15, 0.2) is 18.2 Å². The van der Waals surface area contributed by atoms with Gasteiger partial charge < -0.3 is 5.11 Å². The third kappa shape index (κ3) is 3.65. The highest BCUT2D eigenvalue weighted by Gasteiger charge is 2.40. The lowest BCUT2D eigenvalue weighted by Gasteiger charge is -2.23. The fourth-order valence-electron chi connectivity index (χ4n) is 1.33. The number of hydrogen-bond donors (Lipinski definition) is 1. The molecule has 0 saturated carbocycles. The van der Waals surface area contributed by atoms with E-state index >= 15 is 0 Å². The van der Waals surface area contributed by atoms with E-state index < -0.39 is 27.2 Å². The zero-order chi connectivity index (χ0) is 13.4. The zero-order valence-electron chi connectivity index (χ0n) is 8.52. The van der Waals surface area contributed by atoms with Gasteiger partial charge in [-0.25, -0.2) is 0 Å². The van der Waals surface area contributed by atoms with Crippen LogP contribution in [-0.2, 0) is 6.18 Å². The molecule has 1 unspecified atom stereocenters. The van der Waals surface area contributed by atoms with Gasteiger partial charge in [-0.15, -0.1) is 0 Å². The maximum atomic E-state index is 12.7. The second kappa shape index (κ2) is 4.84. The van der Waals surface area contributed by atoms with E-state index in [-0.39, 0.29) is 0 Å². The maximum absolute atomic E-state index is 12.7. The molecule has 0 aliphatic carbocycles. The van der Waals surface area contributed by atoms with Crippen molar-refractivity contribution in [2.75, 3.05) is 0 Å². The van der Waals surface area contributed by atoms with Gasteiger partial charge in [0.1, 0.15) is 6.10 Å². The first-order valence-corrected chi connectivity index (χ1v) is 5.59. The largest absolute Gasteiger partial charge is 0.416 e. The van der Waals surface area contributed by atoms with E-state index in [0.717, 1.165) is 12.1 Å². The van der Waals surface area contributed by atoms with Crippen molar-refractivity contribution in [3.05, 3.63) is 34.9 Å². The molecule has 17 heavy (non-hydrogen) atoms. The van der Waals surface area contributed by atoms with E-state index in [1.54, 1.807) is 0 Å². The Morgan fingerprint density at radius 2 is 1.71 bits per heavy atom. The van der Waals surface area contributed by atoms with Crippen molar-refractivity contribution in [2.24, 2.45) is 0 Å².